The van der Waals surface area contributed by atoms with Crippen molar-refractivity contribution in [3.63, 3.8) is 0 Å². The second-order valence-corrected chi connectivity index (χ2v) is 10.6. The number of aryl methyl sites for hydroxylation is 4. The fourth-order valence-corrected chi connectivity index (χ4v) is 5.70. The summed E-state index contributed by atoms with van der Waals surface area (Å²) in [4.78, 5) is 36.9. The maximum absolute atomic E-state index is 12.8. The monoisotopic (exact) mass is 476 g/mol. The van der Waals surface area contributed by atoms with Gasteiger partial charge in [-0.1, -0.05) is 74.2 Å². The van der Waals surface area contributed by atoms with E-state index < -0.39 is 0 Å². The molecule has 1 aliphatic carbocycles. The summed E-state index contributed by atoms with van der Waals surface area (Å²) in [5, 5.41) is 0. The van der Waals surface area contributed by atoms with Gasteiger partial charge in [0.15, 0.2) is 5.78 Å². The highest BCUT2D eigenvalue weighted by Gasteiger charge is 2.33. The molecule has 0 N–H and O–H groups in total. The van der Waals surface area contributed by atoms with Crippen LogP contribution in [-0.4, -0.2) is 17.3 Å². The third-order valence-corrected chi connectivity index (χ3v) is 7.32. The standard InChI is InChI=1S/C24H34O3.C8H10/c1-6-8-19(20(7-2)22(26)11-17(5)25)12-18-13-21-15(3)9-10-16(4)24(21)23(27)14-18;1-7-4-3-5-8(2)6-7/h9-10,18-20H,6-8,11-14H2,1-5H3;3-6H,1-2H3. The Labute approximate surface area is 212 Å². The summed E-state index contributed by atoms with van der Waals surface area (Å²) in [5.41, 5.74) is 7.08. The lowest BCUT2D eigenvalue weighted by atomic mass is 9.71. The number of hydrogen-bond donors (Lipinski definition) is 0. The minimum absolute atomic E-state index is 0.0451. The van der Waals surface area contributed by atoms with Gasteiger partial charge in [-0.2, -0.15) is 0 Å². The lowest BCUT2D eigenvalue weighted by molar-refractivity contribution is -0.129. The average molecular weight is 477 g/mol. The van der Waals surface area contributed by atoms with Crippen molar-refractivity contribution in [1.82, 2.24) is 0 Å². The van der Waals surface area contributed by atoms with Gasteiger partial charge in [-0.05, 0) is 82.4 Å². The van der Waals surface area contributed by atoms with Gasteiger partial charge in [0.25, 0.3) is 0 Å². The Hall–Kier alpha value is -2.55. The number of fused-ring (bicyclic) bond motifs is 1. The summed E-state index contributed by atoms with van der Waals surface area (Å²) >= 11 is 0. The molecule has 0 saturated carbocycles. The summed E-state index contributed by atoms with van der Waals surface area (Å²) < 4.78 is 0. The minimum atomic E-state index is -0.0658. The Kier molecular flexibility index (Phi) is 11.1. The summed E-state index contributed by atoms with van der Waals surface area (Å²) in [7, 11) is 0. The Morgan fingerprint density at radius 1 is 0.943 bits per heavy atom. The van der Waals surface area contributed by atoms with Gasteiger partial charge < -0.3 is 0 Å². The number of ketones is 3. The molecule has 3 heteroatoms. The van der Waals surface area contributed by atoms with E-state index in [2.05, 4.69) is 58.0 Å². The fraction of sp³-hybridized carbons (Fsp3) is 0.531. The van der Waals surface area contributed by atoms with Gasteiger partial charge in [-0.25, -0.2) is 0 Å². The molecule has 0 bridgehead atoms. The predicted octanol–water partition coefficient (Wildman–Crippen LogP) is 7.73. The van der Waals surface area contributed by atoms with Crippen LogP contribution in [0, 0.1) is 45.4 Å². The van der Waals surface area contributed by atoms with Gasteiger partial charge in [-0.3, -0.25) is 14.4 Å². The summed E-state index contributed by atoms with van der Waals surface area (Å²) in [5.74, 6) is 0.766. The van der Waals surface area contributed by atoms with Crippen molar-refractivity contribution >= 4 is 17.3 Å². The van der Waals surface area contributed by atoms with Gasteiger partial charge in [0, 0.05) is 17.9 Å². The van der Waals surface area contributed by atoms with Crippen molar-refractivity contribution in [3.8, 4) is 0 Å². The zero-order valence-corrected chi connectivity index (χ0v) is 22.9. The van der Waals surface area contributed by atoms with E-state index in [4.69, 9.17) is 0 Å². The molecule has 1 aliphatic rings. The van der Waals surface area contributed by atoms with Gasteiger partial charge >= 0.3 is 0 Å². The number of hydrogen-bond acceptors (Lipinski definition) is 3. The SMILES string of the molecule is CCCC(CC1CC(=O)c2c(C)ccc(C)c2C1)C(CC)C(=O)CC(C)=O.Cc1cccc(C)c1. The first kappa shape index (κ1) is 28.7. The van der Waals surface area contributed by atoms with Crippen LogP contribution in [0.5, 0.6) is 0 Å². The fourth-order valence-electron chi connectivity index (χ4n) is 5.70. The third kappa shape index (κ3) is 8.26. The first-order valence-corrected chi connectivity index (χ1v) is 13.2. The first-order chi connectivity index (χ1) is 16.6. The van der Waals surface area contributed by atoms with Gasteiger partial charge in [-0.15, -0.1) is 0 Å². The zero-order valence-electron chi connectivity index (χ0n) is 22.9. The Bertz CT molecular complexity index is 1020. The largest absolute Gasteiger partial charge is 0.300 e. The van der Waals surface area contributed by atoms with Crippen LogP contribution >= 0.6 is 0 Å². The molecule has 0 saturated heterocycles. The molecule has 0 aromatic heterocycles. The lowest BCUT2D eigenvalue weighted by Gasteiger charge is -2.32. The minimum Gasteiger partial charge on any atom is -0.300 e. The van der Waals surface area contributed by atoms with Crippen molar-refractivity contribution in [3.05, 3.63) is 69.8 Å². The highest BCUT2D eigenvalue weighted by molar-refractivity contribution is 6.00. The first-order valence-electron chi connectivity index (χ1n) is 13.2. The van der Waals surface area contributed by atoms with E-state index in [0.717, 1.165) is 43.2 Å². The quantitative estimate of drug-likeness (QED) is 0.348. The average Bonchev–Trinajstić information content (AvgIpc) is 2.76. The second-order valence-electron chi connectivity index (χ2n) is 10.6. The molecule has 0 amide bonds. The van der Waals surface area contributed by atoms with Crippen LogP contribution < -0.4 is 0 Å². The van der Waals surface area contributed by atoms with Gasteiger partial charge in [0.05, 0.1) is 6.42 Å². The van der Waals surface area contributed by atoms with E-state index in [1.807, 2.05) is 19.9 Å². The van der Waals surface area contributed by atoms with Crippen LogP contribution in [0.4, 0.5) is 0 Å². The molecule has 35 heavy (non-hydrogen) atoms. The molecule has 0 radical (unpaired) electrons. The molecule has 2 aromatic carbocycles. The molecule has 0 spiro atoms. The van der Waals surface area contributed by atoms with Crippen LogP contribution in [0.1, 0.15) is 97.5 Å². The molecular weight excluding hydrogens is 432 g/mol. The highest BCUT2D eigenvalue weighted by atomic mass is 16.1. The van der Waals surface area contributed by atoms with E-state index in [1.165, 1.54) is 29.2 Å². The van der Waals surface area contributed by atoms with E-state index in [-0.39, 0.29) is 35.6 Å². The molecule has 3 nitrogen and oxygen atoms in total. The van der Waals surface area contributed by atoms with Crippen LogP contribution in [0.15, 0.2) is 36.4 Å². The number of carbonyl (C=O) groups excluding carboxylic acids is 3. The maximum Gasteiger partial charge on any atom is 0.163 e. The van der Waals surface area contributed by atoms with E-state index in [1.54, 1.807) is 0 Å². The molecule has 190 valence electrons. The van der Waals surface area contributed by atoms with Crippen molar-refractivity contribution in [2.45, 2.75) is 93.4 Å². The highest BCUT2D eigenvalue weighted by Crippen LogP contribution is 2.37. The summed E-state index contributed by atoms with van der Waals surface area (Å²) in [6, 6.07) is 12.6. The van der Waals surface area contributed by atoms with Gasteiger partial charge in [0.1, 0.15) is 11.6 Å². The molecule has 2 aromatic rings. The van der Waals surface area contributed by atoms with Gasteiger partial charge in [0.2, 0.25) is 0 Å². The topological polar surface area (TPSA) is 51.2 Å². The Morgan fingerprint density at radius 2 is 1.57 bits per heavy atom. The molecule has 0 heterocycles. The molecule has 0 fully saturated rings. The van der Waals surface area contributed by atoms with Crippen molar-refractivity contribution in [2.75, 3.05) is 0 Å². The molecule has 3 atom stereocenters. The normalized spacial score (nSPS) is 16.5. The molecule has 0 aliphatic heterocycles. The molecule has 3 rings (SSSR count). The predicted molar refractivity (Wildman–Crippen MR) is 145 cm³/mol. The molecule has 3 unspecified atom stereocenters. The molecular formula is C32H44O3. The van der Waals surface area contributed by atoms with Crippen molar-refractivity contribution in [1.29, 1.82) is 0 Å². The maximum atomic E-state index is 12.8. The second kappa shape index (κ2) is 13.5. The number of benzene rings is 2. The Balaban J connectivity index is 0.000000456. The smallest absolute Gasteiger partial charge is 0.163 e. The van der Waals surface area contributed by atoms with Crippen LogP contribution in [0.3, 0.4) is 0 Å². The summed E-state index contributed by atoms with van der Waals surface area (Å²) in [6.07, 6.45) is 5.21. The van der Waals surface area contributed by atoms with Crippen LogP contribution in [0.2, 0.25) is 0 Å². The van der Waals surface area contributed by atoms with E-state index in [0.29, 0.717) is 12.3 Å². The van der Waals surface area contributed by atoms with E-state index >= 15 is 0 Å². The summed E-state index contributed by atoms with van der Waals surface area (Å²) in [6.45, 7) is 14.0. The number of rotatable bonds is 9. The zero-order chi connectivity index (χ0) is 26.1. The van der Waals surface area contributed by atoms with Crippen molar-refractivity contribution in [2.24, 2.45) is 17.8 Å². The lowest BCUT2D eigenvalue weighted by Crippen LogP contribution is -2.30. The third-order valence-electron chi connectivity index (χ3n) is 7.32. The van der Waals surface area contributed by atoms with Crippen LogP contribution in [-0.2, 0) is 16.0 Å². The van der Waals surface area contributed by atoms with E-state index in [9.17, 15) is 14.4 Å². The number of carbonyl (C=O) groups is 3. The Morgan fingerprint density at radius 3 is 2.09 bits per heavy atom. The number of Topliss-reactive ketones (excluding diaryl/α,β-unsaturated/α-hetero) is 3. The van der Waals surface area contributed by atoms with Crippen LogP contribution in [0.25, 0.3) is 0 Å². The van der Waals surface area contributed by atoms with Crippen molar-refractivity contribution < 1.29 is 14.4 Å².